The van der Waals surface area contributed by atoms with Crippen molar-refractivity contribution in [2.24, 2.45) is 0 Å². The molecule has 0 fully saturated rings. The summed E-state index contributed by atoms with van der Waals surface area (Å²) in [5.41, 5.74) is 0.876. The summed E-state index contributed by atoms with van der Waals surface area (Å²) in [6, 6.07) is 13.5. The first-order valence-corrected chi connectivity index (χ1v) is 7.80. The van der Waals surface area contributed by atoms with Gasteiger partial charge in [0.15, 0.2) is 5.78 Å². The van der Waals surface area contributed by atoms with E-state index in [2.05, 4.69) is 5.10 Å². The normalized spacial score (nSPS) is 10.6. The molecule has 2 aromatic heterocycles. The maximum absolute atomic E-state index is 12.2. The van der Waals surface area contributed by atoms with Crippen LogP contribution in [0.15, 0.2) is 58.7 Å². The summed E-state index contributed by atoms with van der Waals surface area (Å²) in [4.78, 5) is 25.1. The largest absolute Gasteiger partial charge is 0.292 e. The highest BCUT2D eigenvalue weighted by Gasteiger charge is 2.10. The monoisotopic (exact) mass is 330 g/mol. The summed E-state index contributed by atoms with van der Waals surface area (Å²) in [6.45, 7) is -0.0975. The van der Waals surface area contributed by atoms with Gasteiger partial charge in [0, 0.05) is 16.7 Å². The summed E-state index contributed by atoms with van der Waals surface area (Å²) in [5.74, 6) is -0.186. The standard InChI is InChI=1S/C16H11ClN2O2S/c17-12-5-3-11(4-6-12)14(20)10-19-16(21)8-7-13(18-19)15-2-1-9-22-15/h1-9H,10H2. The van der Waals surface area contributed by atoms with E-state index in [4.69, 9.17) is 11.6 Å². The number of hydrogen-bond donors (Lipinski definition) is 0. The molecule has 0 saturated heterocycles. The number of aromatic nitrogens is 2. The lowest BCUT2D eigenvalue weighted by Gasteiger charge is -2.06. The first-order valence-electron chi connectivity index (χ1n) is 6.54. The van der Waals surface area contributed by atoms with Crippen molar-refractivity contribution in [1.29, 1.82) is 0 Å². The predicted molar refractivity (Wildman–Crippen MR) is 87.6 cm³/mol. The van der Waals surface area contributed by atoms with E-state index in [1.54, 1.807) is 30.3 Å². The van der Waals surface area contributed by atoms with Gasteiger partial charge in [0.05, 0.1) is 4.88 Å². The lowest BCUT2D eigenvalue weighted by molar-refractivity contribution is 0.0966. The Balaban J connectivity index is 1.88. The minimum absolute atomic E-state index is 0.0975. The molecule has 0 aliphatic rings. The van der Waals surface area contributed by atoms with Gasteiger partial charge in [-0.2, -0.15) is 5.10 Å². The molecule has 1 aromatic carbocycles. The van der Waals surface area contributed by atoms with Gasteiger partial charge < -0.3 is 0 Å². The van der Waals surface area contributed by atoms with Gasteiger partial charge in [-0.05, 0) is 41.8 Å². The summed E-state index contributed by atoms with van der Waals surface area (Å²) in [5, 5.41) is 6.76. The average molecular weight is 331 g/mol. The molecule has 0 aliphatic heterocycles. The summed E-state index contributed by atoms with van der Waals surface area (Å²) in [7, 11) is 0. The van der Waals surface area contributed by atoms with Crippen molar-refractivity contribution in [3.63, 3.8) is 0 Å². The molecule has 0 unspecified atom stereocenters. The summed E-state index contributed by atoms with van der Waals surface area (Å²) in [6.07, 6.45) is 0. The molecule has 110 valence electrons. The van der Waals surface area contributed by atoms with Crippen molar-refractivity contribution in [1.82, 2.24) is 9.78 Å². The molecule has 2 heterocycles. The Bertz CT molecular complexity index is 855. The molecule has 22 heavy (non-hydrogen) atoms. The number of halogens is 1. The van der Waals surface area contributed by atoms with Crippen molar-refractivity contribution in [2.45, 2.75) is 6.54 Å². The second-order valence-electron chi connectivity index (χ2n) is 4.62. The molecule has 0 radical (unpaired) electrons. The molecule has 0 saturated carbocycles. The fraction of sp³-hybridized carbons (Fsp3) is 0.0625. The second-order valence-corrected chi connectivity index (χ2v) is 6.01. The molecule has 0 N–H and O–H groups in total. The number of hydrogen-bond acceptors (Lipinski definition) is 4. The van der Waals surface area contributed by atoms with Crippen LogP contribution in [-0.2, 0) is 6.54 Å². The molecule has 4 nitrogen and oxygen atoms in total. The van der Waals surface area contributed by atoms with Crippen LogP contribution in [0.4, 0.5) is 0 Å². The zero-order valence-electron chi connectivity index (χ0n) is 11.4. The van der Waals surface area contributed by atoms with Gasteiger partial charge in [-0.15, -0.1) is 11.3 Å². The molecule has 0 bridgehead atoms. The van der Waals surface area contributed by atoms with Gasteiger partial charge in [-0.1, -0.05) is 17.7 Å². The van der Waals surface area contributed by atoms with Gasteiger partial charge >= 0.3 is 0 Å². The topological polar surface area (TPSA) is 52.0 Å². The van der Waals surface area contributed by atoms with Gasteiger partial charge in [-0.3, -0.25) is 9.59 Å². The van der Waals surface area contributed by atoms with E-state index in [1.165, 1.54) is 22.1 Å². The lowest BCUT2D eigenvalue weighted by atomic mass is 10.1. The zero-order valence-corrected chi connectivity index (χ0v) is 13.0. The van der Waals surface area contributed by atoms with Crippen LogP contribution in [0.5, 0.6) is 0 Å². The van der Waals surface area contributed by atoms with Crippen LogP contribution in [0.1, 0.15) is 10.4 Å². The summed E-state index contributed by atoms with van der Waals surface area (Å²) < 4.78 is 1.19. The quantitative estimate of drug-likeness (QED) is 0.688. The lowest BCUT2D eigenvalue weighted by Crippen LogP contribution is -2.26. The number of carbonyl (C=O) groups excluding carboxylic acids is 1. The van der Waals surface area contributed by atoms with Gasteiger partial charge in [0.2, 0.25) is 0 Å². The molecule has 3 rings (SSSR count). The number of ketones is 1. The smallest absolute Gasteiger partial charge is 0.267 e. The number of carbonyl (C=O) groups is 1. The Hall–Kier alpha value is -2.24. The molecular weight excluding hydrogens is 320 g/mol. The maximum atomic E-state index is 12.2. The van der Waals surface area contributed by atoms with Crippen LogP contribution in [0.3, 0.4) is 0 Å². The number of thiophene rings is 1. The molecule has 0 spiro atoms. The van der Waals surface area contributed by atoms with Gasteiger partial charge in [0.25, 0.3) is 5.56 Å². The Morgan fingerprint density at radius 1 is 1.14 bits per heavy atom. The highest BCUT2D eigenvalue weighted by Crippen LogP contribution is 2.21. The highest BCUT2D eigenvalue weighted by molar-refractivity contribution is 7.13. The third kappa shape index (κ3) is 3.16. The minimum Gasteiger partial charge on any atom is -0.292 e. The highest BCUT2D eigenvalue weighted by atomic mass is 35.5. The average Bonchev–Trinajstić information content (AvgIpc) is 3.04. The minimum atomic E-state index is -0.303. The van der Waals surface area contributed by atoms with Gasteiger partial charge in [-0.25, -0.2) is 4.68 Å². The third-order valence-electron chi connectivity index (χ3n) is 3.10. The zero-order chi connectivity index (χ0) is 15.5. The van der Waals surface area contributed by atoms with E-state index in [1.807, 2.05) is 17.5 Å². The molecule has 0 aliphatic carbocycles. The fourth-order valence-corrected chi connectivity index (χ4v) is 2.80. The molecule has 6 heteroatoms. The van der Waals surface area contributed by atoms with Crippen molar-refractivity contribution in [2.75, 3.05) is 0 Å². The Kier molecular flexibility index (Phi) is 4.18. The van der Waals surface area contributed by atoms with Crippen LogP contribution in [-0.4, -0.2) is 15.6 Å². The fourth-order valence-electron chi connectivity index (χ4n) is 1.98. The van der Waals surface area contributed by atoms with E-state index >= 15 is 0 Å². The molecule has 0 atom stereocenters. The Labute approximate surface area is 135 Å². The van der Waals surface area contributed by atoms with E-state index in [-0.39, 0.29) is 17.9 Å². The number of nitrogens with zero attached hydrogens (tertiary/aromatic N) is 2. The van der Waals surface area contributed by atoms with Crippen molar-refractivity contribution in [3.05, 3.63) is 74.9 Å². The number of benzene rings is 1. The van der Waals surface area contributed by atoms with Crippen LogP contribution >= 0.6 is 22.9 Å². The maximum Gasteiger partial charge on any atom is 0.267 e. The van der Waals surface area contributed by atoms with Crippen LogP contribution in [0.25, 0.3) is 10.6 Å². The molecule has 0 amide bonds. The number of rotatable bonds is 4. The van der Waals surface area contributed by atoms with E-state index in [0.29, 0.717) is 16.3 Å². The molecule has 3 aromatic rings. The second kappa shape index (κ2) is 6.25. The van der Waals surface area contributed by atoms with Crippen molar-refractivity contribution in [3.8, 4) is 10.6 Å². The van der Waals surface area contributed by atoms with E-state index in [0.717, 1.165) is 4.88 Å². The van der Waals surface area contributed by atoms with Crippen molar-refractivity contribution >= 4 is 28.7 Å². The number of Topliss-reactive ketones (excluding diaryl/α,β-unsaturated/α-hetero) is 1. The third-order valence-corrected chi connectivity index (χ3v) is 4.24. The van der Waals surface area contributed by atoms with Crippen LogP contribution < -0.4 is 5.56 Å². The van der Waals surface area contributed by atoms with E-state index in [9.17, 15) is 9.59 Å². The first-order chi connectivity index (χ1) is 10.6. The SMILES string of the molecule is O=C(Cn1nc(-c2cccs2)ccc1=O)c1ccc(Cl)cc1. The van der Waals surface area contributed by atoms with Crippen LogP contribution in [0.2, 0.25) is 5.02 Å². The summed E-state index contributed by atoms with van der Waals surface area (Å²) >= 11 is 7.33. The van der Waals surface area contributed by atoms with E-state index < -0.39 is 0 Å². The Morgan fingerprint density at radius 2 is 1.91 bits per heavy atom. The first kappa shape index (κ1) is 14.7. The predicted octanol–water partition coefficient (Wildman–Crippen LogP) is 3.51. The van der Waals surface area contributed by atoms with Crippen molar-refractivity contribution < 1.29 is 4.79 Å². The van der Waals surface area contributed by atoms with Gasteiger partial charge in [0.1, 0.15) is 12.2 Å². The molecular formula is C16H11ClN2O2S. The Morgan fingerprint density at radius 3 is 2.59 bits per heavy atom. The van der Waals surface area contributed by atoms with Crippen LogP contribution in [0, 0.1) is 0 Å².